The van der Waals surface area contributed by atoms with Crippen LogP contribution in [-0.4, -0.2) is 27.9 Å². The number of amides is 1. The van der Waals surface area contributed by atoms with Crippen LogP contribution >= 0.6 is 0 Å². The van der Waals surface area contributed by atoms with Crippen LogP contribution in [0, 0.1) is 0 Å². The molecular formula is C15H13N3O7S2. The zero-order chi connectivity index (χ0) is 19.8. The fourth-order valence-electron chi connectivity index (χ4n) is 2.19. The zero-order valence-electron chi connectivity index (χ0n) is 13.7. The smallest absolute Gasteiger partial charge is 0.340 e. The van der Waals surface area contributed by atoms with E-state index in [2.05, 4.69) is 10.5 Å². The van der Waals surface area contributed by atoms with Crippen LogP contribution in [0.1, 0.15) is 6.92 Å². The first-order valence-electron chi connectivity index (χ1n) is 7.31. The predicted octanol–water partition coefficient (Wildman–Crippen LogP) is 1.20. The Labute approximate surface area is 154 Å². The number of nitrogens with one attached hydrogen (secondary N) is 1. The number of carbonyl (C=O) groups excluding carboxylic acids is 1. The Kier molecular flexibility index (Phi) is 4.63. The third-order valence-corrected chi connectivity index (χ3v) is 5.53. The van der Waals surface area contributed by atoms with Crippen molar-refractivity contribution in [3.63, 3.8) is 0 Å². The predicted molar refractivity (Wildman–Crippen MR) is 93.9 cm³/mol. The first kappa shape index (κ1) is 18.8. The molecule has 0 aliphatic rings. The number of primary sulfonamides is 1. The maximum absolute atomic E-state index is 12.4. The van der Waals surface area contributed by atoms with Crippen molar-refractivity contribution in [3.8, 4) is 5.88 Å². The Bertz CT molecular complexity index is 1230. The molecule has 142 valence electrons. The Morgan fingerprint density at radius 3 is 2.30 bits per heavy atom. The van der Waals surface area contributed by atoms with Gasteiger partial charge in [0.25, 0.3) is 5.88 Å². The molecule has 1 amide bonds. The average Bonchev–Trinajstić information content (AvgIpc) is 2.96. The average molecular weight is 411 g/mol. The van der Waals surface area contributed by atoms with Crippen LogP contribution in [0.5, 0.6) is 5.88 Å². The highest BCUT2D eigenvalue weighted by Crippen LogP contribution is 2.29. The Balaban J connectivity index is 1.95. The van der Waals surface area contributed by atoms with Crippen molar-refractivity contribution in [2.45, 2.75) is 16.7 Å². The maximum atomic E-state index is 12.4. The van der Waals surface area contributed by atoms with Crippen LogP contribution in [0.4, 0.5) is 5.69 Å². The summed E-state index contributed by atoms with van der Waals surface area (Å²) < 4.78 is 57.7. The van der Waals surface area contributed by atoms with Crippen molar-refractivity contribution in [3.05, 3.63) is 42.5 Å². The summed E-state index contributed by atoms with van der Waals surface area (Å²) in [5.74, 6) is -0.733. The molecule has 0 unspecified atom stereocenters. The summed E-state index contributed by atoms with van der Waals surface area (Å²) in [5.41, 5.74) is 0.528. The van der Waals surface area contributed by atoms with E-state index in [9.17, 15) is 21.6 Å². The first-order valence-corrected chi connectivity index (χ1v) is 10.3. The van der Waals surface area contributed by atoms with Gasteiger partial charge in [0.2, 0.25) is 15.9 Å². The molecule has 0 bridgehead atoms. The number of rotatable bonds is 5. The summed E-state index contributed by atoms with van der Waals surface area (Å²) >= 11 is 0. The van der Waals surface area contributed by atoms with Crippen LogP contribution < -0.4 is 14.6 Å². The van der Waals surface area contributed by atoms with E-state index in [1.54, 1.807) is 0 Å². The number of sulfonamides is 1. The van der Waals surface area contributed by atoms with Gasteiger partial charge in [-0.15, -0.1) is 0 Å². The lowest BCUT2D eigenvalue weighted by molar-refractivity contribution is -0.114. The van der Waals surface area contributed by atoms with Crippen LogP contribution in [0.25, 0.3) is 11.0 Å². The van der Waals surface area contributed by atoms with Gasteiger partial charge in [0.15, 0.2) is 5.58 Å². The second-order valence-corrected chi connectivity index (χ2v) is 8.54. The summed E-state index contributed by atoms with van der Waals surface area (Å²) in [6, 6.07) is 8.82. The lowest BCUT2D eigenvalue weighted by atomic mass is 10.3. The van der Waals surface area contributed by atoms with Gasteiger partial charge < -0.3 is 14.0 Å². The normalized spacial score (nSPS) is 12.1. The Hall–Kier alpha value is -2.96. The fourth-order valence-corrected chi connectivity index (χ4v) is 3.63. The number of nitrogens with zero attached hydrogens (tertiary/aromatic N) is 1. The highest BCUT2D eigenvalue weighted by Gasteiger charge is 2.22. The summed E-state index contributed by atoms with van der Waals surface area (Å²) in [7, 11) is -8.29. The molecule has 0 spiro atoms. The lowest BCUT2D eigenvalue weighted by Crippen LogP contribution is -2.12. The molecule has 10 nitrogen and oxygen atoms in total. The van der Waals surface area contributed by atoms with E-state index >= 15 is 0 Å². The minimum Gasteiger partial charge on any atom is -0.354 e. The standard InChI is InChI=1S/C15H13N3O7S2/c1-9(19)17-10-2-4-11(5-3-10)27(22,23)25-15-13-8-12(26(16,20)21)6-7-14(13)24-18-15/h2-8H,1H3,(H,17,19)(H2,16,20,21). The number of nitrogens with two attached hydrogens (primary N) is 1. The number of aromatic nitrogens is 1. The van der Waals surface area contributed by atoms with Gasteiger partial charge in [-0.2, -0.15) is 8.42 Å². The maximum Gasteiger partial charge on any atom is 0.340 e. The van der Waals surface area contributed by atoms with E-state index in [0.717, 1.165) is 6.07 Å². The molecule has 1 heterocycles. The van der Waals surface area contributed by atoms with Gasteiger partial charge in [-0.1, -0.05) is 0 Å². The van der Waals surface area contributed by atoms with Crippen LogP contribution in [0.15, 0.2) is 56.8 Å². The van der Waals surface area contributed by atoms with Crippen molar-refractivity contribution >= 4 is 42.7 Å². The van der Waals surface area contributed by atoms with E-state index < -0.39 is 26.0 Å². The Morgan fingerprint density at radius 1 is 1.07 bits per heavy atom. The molecule has 27 heavy (non-hydrogen) atoms. The molecule has 1 aromatic heterocycles. The molecule has 0 saturated heterocycles. The number of fused-ring (bicyclic) bond motifs is 1. The summed E-state index contributed by atoms with van der Waals surface area (Å²) in [6.45, 7) is 1.32. The molecule has 3 aromatic rings. The van der Waals surface area contributed by atoms with Crippen molar-refractivity contribution in [1.29, 1.82) is 0 Å². The van der Waals surface area contributed by atoms with E-state index in [1.165, 1.54) is 43.3 Å². The molecule has 0 aliphatic carbocycles. The lowest BCUT2D eigenvalue weighted by Gasteiger charge is -2.06. The molecule has 3 N–H and O–H groups in total. The molecule has 2 aromatic carbocycles. The third kappa shape index (κ3) is 4.07. The quantitative estimate of drug-likeness (QED) is 0.593. The number of carbonyl (C=O) groups is 1. The first-order chi connectivity index (χ1) is 12.6. The van der Waals surface area contributed by atoms with Gasteiger partial charge in [-0.25, -0.2) is 13.6 Å². The summed E-state index contributed by atoms with van der Waals surface area (Å²) in [5, 5.41) is 11.1. The minimum absolute atomic E-state index is 0.0277. The topological polar surface area (TPSA) is 159 Å². The number of benzene rings is 2. The number of hydrogen-bond acceptors (Lipinski definition) is 8. The molecular weight excluding hydrogens is 398 g/mol. The van der Waals surface area contributed by atoms with E-state index in [4.69, 9.17) is 13.8 Å². The zero-order valence-corrected chi connectivity index (χ0v) is 15.4. The second kappa shape index (κ2) is 6.64. The van der Waals surface area contributed by atoms with Gasteiger partial charge in [0.1, 0.15) is 4.90 Å². The van der Waals surface area contributed by atoms with Crippen molar-refractivity contribution in [2.24, 2.45) is 5.14 Å². The SMILES string of the molecule is CC(=O)Nc1ccc(S(=O)(=O)Oc2noc3ccc(S(N)(=O)=O)cc23)cc1. The van der Waals surface area contributed by atoms with Gasteiger partial charge in [-0.3, -0.25) is 4.79 Å². The molecule has 0 radical (unpaired) electrons. The fraction of sp³-hybridized carbons (Fsp3) is 0.0667. The highest BCUT2D eigenvalue weighted by atomic mass is 32.2. The molecule has 0 atom stereocenters. The second-order valence-electron chi connectivity index (χ2n) is 5.43. The summed E-state index contributed by atoms with van der Waals surface area (Å²) in [6.07, 6.45) is 0. The third-order valence-electron chi connectivity index (χ3n) is 3.39. The van der Waals surface area contributed by atoms with Crippen molar-refractivity contribution < 1.29 is 30.3 Å². The van der Waals surface area contributed by atoms with Crippen LogP contribution in [-0.2, 0) is 24.9 Å². The van der Waals surface area contributed by atoms with Crippen LogP contribution in [0.3, 0.4) is 0 Å². The van der Waals surface area contributed by atoms with Gasteiger partial charge in [0, 0.05) is 12.6 Å². The van der Waals surface area contributed by atoms with Crippen molar-refractivity contribution in [1.82, 2.24) is 5.16 Å². The molecule has 0 aliphatic heterocycles. The van der Waals surface area contributed by atoms with E-state index in [-0.39, 0.29) is 26.7 Å². The van der Waals surface area contributed by atoms with E-state index in [0.29, 0.717) is 5.69 Å². The largest absolute Gasteiger partial charge is 0.354 e. The van der Waals surface area contributed by atoms with Gasteiger partial charge >= 0.3 is 10.1 Å². The van der Waals surface area contributed by atoms with Crippen LogP contribution in [0.2, 0.25) is 0 Å². The molecule has 3 rings (SSSR count). The summed E-state index contributed by atoms with van der Waals surface area (Å²) in [4.78, 5) is 10.6. The monoisotopic (exact) mass is 411 g/mol. The molecule has 0 saturated carbocycles. The highest BCUT2D eigenvalue weighted by molar-refractivity contribution is 7.89. The van der Waals surface area contributed by atoms with Gasteiger partial charge in [0.05, 0.1) is 10.3 Å². The molecule has 12 heteroatoms. The minimum atomic E-state index is -4.28. The molecule has 0 fully saturated rings. The number of anilines is 1. The number of hydrogen-bond donors (Lipinski definition) is 2. The van der Waals surface area contributed by atoms with Gasteiger partial charge in [-0.05, 0) is 47.6 Å². The van der Waals surface area contributed by atoms with E-state index in [1.807, 2.05) is 0 Å². The Morgan fingerprint density at radius 2 is 1.70 bits per heavy atom. The van der Waals surface area contributed by atoms with Crippen molar-refractivity contribution in [2.75, 3.05) is 5.32 Å².